The SMILES string of the molecule is Cc1cc[o+]c(C)c1. The van der Waals surface area contributed by atoms with Crippen molar-refractivity contribution in [3.63, 3.8) is 0 Å². The van der Waals surface area contributed by atoms with E-state index in [0.717, 1.165) is 5.76 Å². The Morgan fingerprint density at radius 1 is 1.38 bits per heavy atom. The van der Waals surface area contributed by atoms with E-state index in [0.29, 0.717) is 0 Å². The van der Waals surface area contributed by atoms with Gasteiger partial charge in [-0.05, 0) is 12.5 Å². The molecule has 0 saturated heterocycles. The lowest BCUT2D eigenvalue weighted by molar-refractivity contribution is 0.515. The fourth-order valence-electron chi connectivity index (χ4n) is 0.651. The Kier molecular flexibility index (Phi) is 1.29. The number of hydrogen-bond acceptors (Lipinski definition) is 0. The van der Waals surface area contributed by atoms with Gasteiger partial charge >= 0.3 is 12.0 Å². The van der Waals surface area contributed by atoms with Gasteiger partial charge in [-0.2, -0.15) is 0 Å². The van der Waals surface area contributed by atoms with Gasteiger partial charge in [0.05, 0.1) is 6.92 Å². The highest BCUT2D eigenvalue weighted by Crippen LogP contribution is 2.00. The third-order valence-electron chi connectivity index (χ3n) is 1.02. The van der Waals surface area contributed by atoms with Gasteiger partial charge < -0.3 is 0 Å². The first-order valence-electron chi connectivity index (χ1n) is 2.64. The van der Waals surface area contributed by atoms with Crippen LogP contribution in [0, 0.1) is 13.8 Å². The van der Waals surface area contributed by atoms with Crippen molar-refractivity contribution in [2.45, 2.75) is 13.8 Å². The highest BCUT2D eigenvalue weighted by Gasteiger charge is 1.95. The molecule has 1 heterocycles. The summed E-state index contributed by atoms with van der Waals surface area (Å²) in [4.78, 5) is 0. The maximum atomic E-state index is 5.01. The smallest absolute Gasteiger partial charge is 0.221 e. The lowest BCUT2D eigenvalue weighted by Gasteiger charge is -1.79. The molecule has 0 atom stereocenters. The maximum Gasteiger partial charge on any atom is 0.326 e. The van der Waals surface area contributed by atoms with Crippen molar-refractivity contribution >= 4 is 0 Å². The zero-order chi connectivity index (χ0) is 5.98. The largest absolute Gasteiger partial charge is 0.326 e. The van der Waals surface area contributed by atoms with Crippen LogP contribution in [-0.4, -0.2) is 0 Å². The molecule has 1 heteroatoms. The molecule has 0 unspecified atom stereocenters. The van der Waals surface area contributed by atoms with E-state index in [9.17, 15) is 0 Å². The van der Waals surface area contributed by atoms with Crippen LogP contribution in [0.3, 0.4) is 0 Å². The molecule has 0 aromatic carbocycles. The molecular weight excluding hydrogens is 100 g/mol. The van der Waals surface area contributed by atoms with Gasteiger partial charge in [-0.3, -0.25) is 0 Å². The Morgan fingerprint density at radius 2 is 2.12 bits per heavy atom. The Morgan fingerprint density at radius 3 is 2.50 bits per heavy atom. The summed E-state index contributed by atoms with van der Waals surface area (Å²) < 4.78 is 5.01. The molecule has 0 spiro atoms. The molecule has 0 aliphatic carbocycles. The van der Waals surface area contributed by atoms with Crippen LogP contribution in [0.15, 0.2) is 22.8 Å². The molecule has 0 bridgehead atoms. The molecule has 8 heavy (non-hydrogen) atoms. The summed E-state index contributed by atoms with van der Waals surface area (Å²) in [6, 6.07) is 3.94. The third-order valence-corrected chi connectivity index (χ3v) is 1.02. The first-order valence-corrected chi connectivity index (χ1v) is 2.64. The summed E-state index contributed by atoms with van der Waals surface area (Å²) in [5.74, 6) is 0.963. The lowest BCUT2D eigenvalue weighted by Crippen LogP contribution is -1.71. The highest BCUT2D eigenvalue weighted by atomic mass is 16.3. The summed E-state index contributed by atoms with van der Waals surface area (Å²) in [6.07, 6.45) is 1.70. The summed E-state index contributed by atoms with van der Waals surface area (Å²) in [6.45, 7) is 3.98. The van der Waals surface area contributed by atoms with Gasteiger partial charge in [-0.1, -0.05) is 0 Å². The quantitative estimate of drug-likeness (QED) is 0.465. The Hall–Kier alpha value is -0.850. The van der Waals surface area contributed by atoms with Crippen LogP contribution in [0.25, 0.3) is 0 Å². The summed E-state index contributed by atoms with van der Waals surface area (Å²) in [5, 5.41) is 0. The zero-order valence-electron chi connectivity index (χ0n) is 5.14. The van der Waals surface area contributed by atoms with E-state index in [2.05, 4.69) is 0 Å². The van der Waals surface area contributed by atoms with E-state index < -0.39 is 0 Å². The van der Waals surface area contributed by atoms with Crippen molar-refractivity contribution in [1.29, 1.82) is 0 Å². The van der Waals surface area contributed by atoms with Crippen LogP contribution in [0.1, 0.15) is 11.3 Å². The van der Waals surface area contributed by atoms with Crippen LogP contribution >= 0.6 is 0 Å². The van der Waals surface area contributed by atoms with E-state index in [-0.39, 0.29) is 0 Å². The van der Waals surface area contributed by atoms with E-state index >= 15 is 0 Å². The van der Waals surface area contributed by atoms with Crippen LogP contribution in [-0.2, 0) is 0 Å². The first-order chi connectivity index (χ1) is 3.79. The monoisotopic (exact) mass is 109 g/mol. The highest BCUT2D eigenvalue weighted by molar-refractivity contribution is 5.09. The molecule has 0 radical (unpaired) electrons. The standard InChI is InChI=1S/C7H9O/c1-6-3-4-8-7(2)5-6/h3-5H,1-2H3/q+1. The fourth-order valence-corrected chi connectivity index (χ4v) is 0.651. The molecule has 1 rings (SSSR count). The molecule has 42 valence electrons. The summed E-state index contributed by atoms with van der Waals surface area (Å²) in [7, 11) is 0. The Labute approximate surface area is 49.0 Å². The average Bonchev–Trinajstić information content (AvgIpc) is 1.64. The predicted octanol–water partition coefficient (Wildman–Crippen LogP) is 2.18. The summed E-state index contributed by atoms with van der Waals surface area (Å²) in [5.41, 5.74) is 1.24. The second kappa shape index (κ2) is 1.95. The lowest BCUT2D eigenvalue weighted by atomic mass is 10.3. The maximum absolute atomic E-state index is 5.01. The van der Waals surface area contributed by atoms with E-state index in [1.54, 1.807) is 6.26 Å². The van der Waals surface area contributed by atoms with Gasteiger partial charge in [0.2, 0.25) is 0 Å². The van der Waals surface area contributed by atoms with Gasteiger partial charge in [0, 0.05) is 12.1 Å². The second-order valence-electron chi connectivity index (χ2n) is 1.92. The van der Waals surface area contributed by atoms with Gasteiger partial charge in [-0.25, -0.2) is 4.42 Å². The molecule has 1 aromatic rings. The molecule has 1 nitrogen and oxygen atoms in total. The second-order valence-corrected chi connectivity index (χ2v) is 1.92. The van der Waals surface area contributed by atoms with Crippen molar-refractivity contribution in [3.8, 4) is 0 Å². The third kappa shape index (κ3) is 1.06. The van der Waals surface area contributed by atoms with Crippen LogP contribution < -0.4 is 0 Å². The first kappa shape index (κ1) is 5.29. The summed E-state index contributed by atoms with van der Waals surface area (Å²) >= 11 is 0. The molecular formula is C7H9O+. The van der Waals surface area contributed by atoms with Crippen LogP contribution in [0.4, 0.5) is 0 Å². The minimum Gasteiger partial charge on any atom is -0.221 e. The van der Waals surface area contributed by atoms with Gasteiger partial charge in [-0.15, -0.1) is 0 Å². The molecule has 0 aliphatic heterocycles. The van der Waals surface area contributed by atoms with E-state index in [1.807, 2.05) is 26.0 Å². The van der Waals surface area contributed by atoms with Crippen molar-refractivity contribution < 1.29 is 4.42 Å². The Bertz CT molecular complexity index is 164. The van der Waals surface area contributed by atoms with E-state index in [1.165, 1.54) is 5.56 Å². The van der Waals surface area contributed by atoms with Gasteiger partial charge in [0.1, 0.15) is 0 Å². The van der Waals surface area contributed by atoms with Crippen LogP contribution in [0.2, 0.25) is 0 Å². The topological polar surface area (TPSA) is 11.3 Å². The van der Waals surface area contributed by atoms with Crippen molar-refractivity contribution in [2.24, 2.45) is 0 Å². The fraction of sp³-hybridized carbons (Fsp3) is 0.286. The van der Waals surface area contributed by atoms with Crippen LogP contribution in [0.5, 0.6) is 0 Å². The van der Waals surface area contributed by atoms with Crippen molar-refractivity contribution in [1.82, 2.24) is 0 Å². The van der Waals surface area contributed by atoms with Gasteiger partial charge in [0.15, 0.2) is 0 Å². The van der Waals surface area contributed by atoms with Gasteiger partial charge in [0.25, 0.3) is 0 Å². The molecule has 0 N–H and O–H groups in total. The Balaban J connectivity index is 3.08. The number of aryl methyl sites for hydroxylation is 2. The van der Waals surface area contributed by atoms with Crippen molar-refractivity contribution in [3.05, 3.63) is 29.7 Å². The molecule has 0 aliphatic rings. The molecule has 0 fully saturated rings. The van der Waals surface area contributed by atoms with E-state index in [4.69, 9.17) is 4.42 Å². The number of rotatable bonds is 0. The zero-order valence-corrected chi connectivity index (χ0v) is 5.14. The normalized spacial score (nSPS) is 9.25. The molecule has 1 aromatic heterocycles. The average molecular weight is 109 g/mol. The predicted molar refractivity (Wildman–Crippen MR) is 32.6 cm³/mol. The van der Waals surface area contributed by atoms with Crippen molar-refractivity contribution in [2.75, 3.05) is 0 Å². The molecule has 0 amide bonds. The minimum atomic E-state index is 0.963. The minimum absolute atomic E-state index is 0.963. The number of hydrogen-bond donors (Lipinski definition) is 0. The molecule has 0 saturated carbocycles.